The number of halogens is 3. The third-order valence-corrected chi connectivity index (χ3v) is 5.82. The summed E-state index contributed by atoms with van der Waals surface area (Å²) in [6, 6.07) is 1.14. The lowest BCUT2D eigenvalue weighted by molar-refractivity contribution is 0.572. The minimum Gasteiger partial charge on any atom is -0.207 e. The van der Waals surface area contributed by atoms with E-state index in [9.17, 15) is 8.42 Å². The molecule has 1 aromatic heterocycles. The zero-order valence-electron chi connectivity index (χ0n) is 7.63. The van der Waals surface area contributed by atoms with E-state index in [0.717, 1.165) is 11.3 Å². The molecule has 0 radical (unpaired) electrons. The molecule has 0 aliphatic heterocycles. The monoisotopic (exact) mass is 351 g/mol. The molecule has 15 heavy (non-hydrogen) atoms. The number of rotatable bonds is 4. The summed E-state index contributed by atoms with van der Waals surface area (Å²) < 4.78 is 26.5. The molecular weight excluding hydrogens is 345 g/mol. The van der Waals surface area contributed by atoms with E-state index >= 15 is 0 Å². The van der Waals surface area contributed by atoms with E-state index in [-0.39, 0.29) is 15.3 Å². The number of sulfonamides is 1. The Morgan fingerprint density at radius 2 is 2.20 bits per heavy atom. The Balaban J connectivity index is 3.01. The van der Waals surface area contributed by atoms with Crippen molar-refractivity contribution in [1.29, 1.82) is 0 Å². The summed E-state index contributed by atoms with van der Waals surface area (Å²) in [5.41, 5.74) is 0. The molecule has 0 amide bonds. The van der Waals surface area contributed by atoms with Crippen LogP contribution in [-0.2, 0) is 10.0 Å². The molecule has 1 N–H and O–H groups in total. The summed E-state index contributed by atoms with van der Waals surface area (Å²) in [5.74, 6) is 0. The zero-order chi connectivity index (χ0) is 11.6. The van der Waals surface area contributed by atoms with Gasteiger partial charge in [0.25, 0.3) is 0 Å². The molecule has 8 heteroatoms. The van der Waals surface area contributed by atoms with Crippen molar-refractivity contribution in [3.63, 3.8) is 0 Å². The van der Waals surface area contributed by atoms with E-state index in [1.807, 2.05) is 0 Å². The molecule has 0 fully saturated rings. The van der Waals surface area contributed by atoms with Gasteiger partial charge in [0.2, 0.25) is 10.0 Å². The molecule has 0 aliphatic carbocycles. The molecule has 86 valence electrons. The molecule has 0 spiro atoms. The van der Waals surface area contributed by atoms with Crippen molar-refractivity contribution >= 4 is 60.5 Å². The molecule has 1 unspecified atom stereocenters. The number of hydrogen-bond acceptors (Lipinski definition) is 3. The molecule has 0 aromatic carbocycles. The van der Waals surface area contributed by atoms with Gasteiger partial charge in [-0.1, -0.05) is 39.1 Å². The van der Waals surface area contributed by atoms with Crippen LogP contribution in [0.4, 0.5) is 0 Å². The van der Waals surface area contributed by atoms with Crippen molar-refractivity contribution in [2.24, 2.45) is 0 Å². The molecule has 0 saturated carbocycles. The number of alkyl halides is 1. The quantitative estimate of drug-likeness (QED) is 0.846. The second kappa shape index (κ2) is 5.33. The lowest BCUT2D eigenvalue weighted by Crippen LogP contribution is -2.33. The second-order valence-electron chi connectivity index (χ2n) is 2.87. The Labute approximate surface area is 111 Å². The molecular formula is C7H8BrCl2NO2S2. The lowest BCUT2D eigenvalue weighted by atomic mass is 10.4. The maximum atomic E-state index is 11.8. The molecule has 0 saturated heterocycles. The average Bonchev–Trinajstić information content (AvgIpc) is 2.45. The molecule has 3 nitrogen and oxygen atoms in total. The topological polar surface area (TPSA) is 46.2 Å². The van der Waals surface area contributed by atoms with E-state index < -0.39 is 10.0 Å². The van der Waals surface area contributed by atoms with Gasteiger partial charge in [-0.2, -0.15) is 0 Å². The first-order valence-corrected chi connectivity index (χ1v) is 8.07. The van der Waals surface area contributed by atoms with Crippen LogP contribution in [0.25, 0.3) is 0 Å². The third-order valence-electron chi connectivity index (χ3n) is 1.50. The molecule has 1 rings (SSSR count). The lowest BCUT2D eigenvalue weighted by Gasteiger charge is -2.10. The predicted octanol–water partition coefficient (Wildman–Crippen LogP) is 3.12. The van der Waals surface area contributed by atoms with Crippen LogP contribution in [0, 0.1) is 0 Å². The van der Waals surface area contributed by atoms with Crippen LogP contribution in [0.5, 0.6) is 0 Å². The fourth-order valence-corrected chi connectivity index (χ4v) is 4.64. The van der Waals surface area contributed by atoms with Crippen molar-refractivity contribution in [3.8, 4) is 0 Å². The number of hydrogen-bond donors (Lipinski definition) is 1. The first-order chi connectivity index (χ1) is 6.86. The van der Waals surface area contributed by atoms with Crippen LogP contribution in [-0.4, -0.2) is 19.8 Å². The van der Waals surface area contributed by atoms with E-state index in [1.54, 1.807) is 6.92 Å². The van der Waals surface area contributed by atoms with Gasteiger partial charge in [0.15, 0.2) is 0 Å². The first-order valence-electron chi connectivity index (χ1n) is 3.90. The van der Waals surface area contributed by atoms with Gasteiger partial charge in [0.1, 0.15) is 9.23 Å². The highest BCUT2D eigenvalue weighted by Crippen LogP contribution is 2.34. The van der Waals surface area contributed by atoms with Crippen molar-refractivity contribution in [3.05, 3.63) is 14.7 Å². The number of nitrogens with one attached hydrogen (secondary N) is 1. The molecule has 0 aliphatic rings. The van der Waals surface area contributed by atoms with E-state index in [0.29, 0.717) is 9.67 Å². The zero-order valence-corrected chi connectivity index (χ0v) is 12.4. The van der Waals surface area contributed by atoms with E-state index in [2.05, 4.69) is 20.7 Å². The Morgan fingerprint density at radius 3 is 2.60 bits per heavy atom. The maximum Gasteiger partial charge on any atom is 0.243 e. The van der Waals surface area contributed by atoms with Crippen LogP contribution in [0.1, 0.15) is 6.92 Å². The van der Waals surface area contributed by atoms with E-state index in [1.165, 1.54) is 6.07 Å². The summed E-state index contributed by atoms with van der Waals surface area (Å²) in [5, 5.41) is 0.529. The van der Waals surface area contributed by atoms with Crippen LogP contribution in [0.15, 0.2) is 11.0 Å². The maximum absolute atomic E-state index is 11.8. The number of thiophene rings is 1. The summed E-state index contributed by atoms with van der Waals surface area (Å²) in [6.07, 6.45) is 0. The molecule has 1 heterocycles. The summed E-state index contributed by atoms with van der Waals surface area (Å²) in [4.78, 5) is 0.0342. The van der Waals surface area contributed by atoms with Crippen molar-refractivity contribution < 1.29 is 8.42 Å². The molecule has 1 atom stereocenters. The Hall–Kier alpha value is 0.670. The fraction of sp³-hybridized carbons (Fsp3) is 0.429. The van der Waals surface area contributed by atoms with Crippen LogP contribution < -0.4 is 4.72 Å². The summed E-state index contributed by atoms with van der Waals surface area (Å²) in [7, 11) is -3.57. The predicted molar refractivity (Wildman–Crippen MR) is 67.9 cm³/mol. The fourth-order valence-electron chi connectivity index (χ4n) is 0.868. The van der Waals surface area contributed by atoms with Crippen molar-refractivity contribution in [2.45, 2.75) is 17.9 Å². The Kier molecular flexibility index (Phi) is 4.88. The largest absolute Gasteiger partial charge is 0.243 e. The SMILES string of the molecule is CC(CBr)NS(=O)(=O)c1cc(Cl)sc1Cl. The van der Waals surface area contributed by atoms with Gasteiger partial charge in [-0.15, -0.1) is 11.3 Å². The Bertz CT molecular complexity index is 446. The Morgan fingerprint density at radius 1 is 1.60 bits per heavy atom. The summed E-state index contributed by atoms with van der Waals surface area (Å²) >= 11 is 15.6. The molecule has 0 bridgehead atoms. The molecule has 1 aromatic rings. The van der Waals surface area contributed by atoms with Gasteiger partial charge in [0, 0.05) is 11.4 Å². The minimum absolute atomic E-state index is 0.0342. The van der Waals surface area contributed by atoms with Crippen LogP contribution in [0.3, 0.4) is 0 Å². The summed E-state index contributed by atoms with van der Waals surface area (Å²) in [6.45, 7) is 1.74. The highest BCUT2D eigenvalue weighted by Gasteiger charge is 2.22. The standard InChI is InChI=1S/C7H8BrCl2NO2S2/c1-4(3-8)11-15(12,13)5-2-6(9)14-7(5)10/h2,4,11H,3H2,1H3. The normalized spacial score (nSPS) is 14.1. The van der Waals surface area contributed by atoms with Crippen LogP contribution in [0.2, 0.25) is 8.67 Å². The van der Waals surface area contributed by atoms with Gasteiger partial charge in [-0.05, 0) is 13.0 Å². The highest BCUT2D eigenvalue weighted by molar-refractivity contribution is 9.09. The first kappa shape index (κ1) is 13.7. The van der Waals surface area contributed by atoms with Gasteiger partial charge in [-0.25, -0.2) is 13.1 Å². The minimum atomic E-state index is -3.57. The second-order valence-corrected chi connectivity index (χ2v) is 7.48. The average molecular weight is 353 g/mol. The van der Waals surface area contributed by atoms with Gasteiger partial charge in [0.05, 0.1) is 4.34 Å². The van der Waals surface area contributed by atoms with Crippen LogP contribution >= 0.6 is 50.5 Å². The third kappa shape index (κ3) is 3.57. The van der Waals surface area contributed by atoms with E-state index in [4.69, 9.17) is 23.2 Å². The smallest absolute Gasteiger partial charge is 0.207 e. The highest BCUT2D eigenvalue weighted by atomic mass is 79.9. The van der Waals surface area contributed by atoms with Gasteiger partial charge in [-0.3, -0.25) is 0 Å². The van der Waals surface area contributed by atoms with Gasteiger partial charge >= 0.3 is 0 Å². The van der Waals surface area contributed by atoms with Gasteiger partial charge < -0.3 is 0 Å². The van der Waals surface area contributed by atoms with Crippen molar-refractivity contribution in [1.82, 2.24) is 4.72 Å². The van der Waals surface area contributed by atoms with Crippen molar-refractivity contribution in [2.75, 3.05) is 5.33 Å².